The fourth-order valence-corrected chi connectivity index (χ4v) is 22.4. The van der Waals surface area contributed by atoms with E-state index in [-0.39, 0.29) is 0 Å². The second kappa shape index (κ2) is 33.1. The van der Waals surface area contributed by atoms with E-state index in [4.69, 9.17) is 43.2 Å². The van der Waals surface area contributed by atoms with Crippen molar-refractivity contribution in [1.29, 1.82) is 0 Å². The van der Waals surface area contributed by atoms with Crippen LogP contribution in [0.1, 0.15) is 0 Å². The molecule has 0 saturated carbocycles. The molecule has 31 aromatic rings. The van der Waals surface area contributed by atoms with Crippen LogP contribution in [-0.4, -0.2) is 43.6 Å². The third-order valence-electron chi connectivity index (χ3n) is 28.8. The average molecular weight is 1840 g/mol. The summed E-state index contributed by atoms with van der Waals surface area (Å²) in [6.45, 7) is 0. The Labute approximate surface area is 822 Å². The molecule has 0 aliphatic carbocycles. The van der Waals surface area contributed by atoms with Crippen molar-refractivity contribution in [3.8, 4) is 96.0 Å². The number of nitrogens with zero attached hydrogens (tertiary/aromatic N) is 9. The molecular weight excluding hydrogens is 1760 g/mol. The third kappa shape index (κ3) is 13.0. The number of fused-ring (bicyclic) bond motifs is 33. The SMILES string of the molecule is c1ccc(-c2ccc(-c3nc(-c4ccc(-n5c6ccccc6c6c7ccccc7c7c8ccccc8oc7c65)cc4)nc4ccccc34)cc2)cc1.c1ccc(-c2nc(-c3ccc(-n4c5ccccc5c5c6ccccc6c6c7ccccc7oc6c54)cc3)nc3ccccc23)cc1.c1ccc(-c2nc3ccccc3nc2-c2ccc(-n3c4ccccc4c4c5ccccc5c5c6ccccc6oc5c43)cc2)cc1. The molecular formula is C132H79N9O3. The van der Waals surface area contributed by atoms with Crippen LogP contribution in [0.15, 0.2) is 492 Å². The molecule has 0 aliphatic rings. The van der Waals surface area contributed by atoms with Crippen LogP contribution in [0.25, 0.3) is 292 Å². The van der Waals surface area contributed by atoms with Gasteiger partial charge in [-0.15, -0.1) is 0 Å². The number of hydrogen-bond donors (Lipinski definition) is 0. The Morgan fingerprint density at radius 2 is 0.375 bits per heavy atom. The maximum Gasteiger partial charge on any atom is 0.160 e. The van der Waals surface area contributed by atoms with Gasteiger partial charge in [0.2, 0.25) is 0 Å². The number of hydrogen-bond acceptors (Lipinski definition) is 9. The normalized spacial score (nSPS) is 11.9. The molecule has 0 bridgehead atoms. The predicted octanol–water partition coefficient (Wildman–Crippen LogP) is 35.0. The van der Waals surface area contributed by atoms with Crippen LogP contribution in [-0.2, 0) is 0 Å². The predicted molar refractivity (Wildman–Crippen MR) is 594 cm³/mol. The van der Waals surface area contributed by atoms with Gasteiger partial charge in [0.05, 0.1) is 77.9 Å². The van der Waals surface area contributed by atoms with Gasteiger partial charge in [-0.1, -0.05) is 358 Å². The highest BCUT2D eigenvalue weighted by Crippen LogP contribution is 2.52. The molecule has 22 aromatic carbocycles. The summed E-state index contributed by atoms with van der Waals surface area (Å²) >= 11 is 0. The molecule has 0 unspecified atom stereocenters. The summed E-state index contributed by atoms with van der Waals surface area (Å²) in [5.41, 5.74) is 30.9. The van der Waals surface area contributed by atoms with E-state index in [0.717, 1.165) is 205 Å². The lowest BCUT2D eigenvalue weighted by atomic mass is 9.99. The molecule has 0 aliphatic heterocycles. The summed E-state index contributed by atoms with van der Waals surface area (Å²) in [6.07, 6.45) is 0. The second-order valence-electron chi connectivity index (χ2n) is 36.8. The van der Waals surface area contributed by atoms with Gasteiger partial charge in [-0.25, -0.2) is 29.9 Å². The van der Waals surface area contributed by atoms with Gasteiger partial charge in [-0.2, -0.15) is 0 Å². The van der Waals surface area contributed by atoms with Crippen molar-refractivity contribution in [1.82, 2.24) is 43.6 Å². The van der Waals surface area contributed by atoms with Crippen molar-refractivity contribution in [2.24, 2.45) is 0 Å². The smallest absolute Gasteiger partial charge is 0.160 e. The minimum Gasteiger partial charge on any atom is -0.454 e. The number of rotatable bonds is 10. The Bertz CT molecular complexity index is 10700. The number of benzene rings is 22. The molecule has 0 fully saturated rings. The van der Waals surface area contributed by atoms with E-state index in [9.17, 15) is 0 Å². The molecule has 0 radical (unpaired) electrons. The van der Waals surface area contributed by atoms with Crippen LogP contribution < -0.4 is 0 Å². The van der Waals surface area contributed by atoms with Gasteiger partial charge in [-0.3, -0.25) is 0 Å². The van der Waals surface area contributed by atoms with Crippen LogP contribution in [0.2, 0.25) is 0 Å². The van der Waals surface area contributed by atoms with Crippen molar-refractivity contribution in [2.45, 2.75) is 0 Å². The molecule has 0 spiro atoms. The molecule has 31 rings (SSSR count). The topological polar surface area (TPSA) is 132 Å². The Hall–Kier alpha value is -19.6. The van der Waals surface area contributed by atoms with Crippen molar-refractivity contribution < 1.29 is 13.3 Å². The Morgan fingerprint density at radius 3 is 0.722 bits per heavy atom. The molecule has 0 saturated heterocycles. The van der Waals surface area contributed by atoms with E-state index < -0.39 is 0 Å². The van der Waals surface area contributed by atoms with Crippen LogP contribution >= 0.6 is 0 Å². The highest BCUT2D eigenvalue weighted by molar-refractivity contribution is 6.38. The van der Waals surface area contributed by atoms with E-state index >= 15 is 0 Å². The molecule has 0 amide bonds. The quantitative estimate of drug-likeness (QED) is 0.131. The van der Waals surface area contributed by atoms with Crippen molar-refractivity contribution in [3.63, 3.8) is 0 Å². The highest BCUT2D eigenvalue weighted by Gasteiger charge is 2.29. The number of para-hydroxylation sites is 10. The second-order valence-corrected chi connectivity index (χ2v) is 36.8. The largest absolute Gasteiger partial charge is 0.454 e. The van der Waals surface area contributed by atoms with Gasteiger partial charge in [0.15, 0.2) is 28.4 Å². The van der Waals surface area contributed by atoms with Gasteiger partial charge in [-0.05, 0) is 165 Å². The average Bonchev–Trinajstić information content (AvgIpc) is 1.54. The molecule has 0 N–H and O–H groups in total. The summed E-state index contributed by atoms with van der Waals surface area (Å²) in [4.78, 5) is 30.6. The zero-order valence-electron chi connectivity index (χ0n) is 77.4. The van der Waals surface area contributed by atoms with E-state index in [2.05, 4.69) is 402 Å². The fraction of sp³-hybridized carbons (Fsp3) is 0. The first kappa shape index (κ1) is 81.6. The monoisotopic (exact) mass is 1840 g/mol. The Balaban J connectivity index is 0.000000103. The lowest BCUT2D eigenvalue weighted by Crippen LogP contribution is -1.97. The lowest BCUT2D eigenvalue weighted by Gasteiger charge is -2.13. The Morgan fingerprint density at radius 1 is 0.146 bits per heavy atom. The molecule has 9 aromatic heterocycles. The van der Waals surface area contributed by atoms with Crippen LogP contribution in [0, 0.1) is 0 Å². The Kier molecular flexibility index (Phi) is 18.8. The summed E-state index contributed by atoms with van der Waals surface area (Å²) in [7, 11) is 0. The van der Waals surface area contributed by atoms with Gasteiger partial charge in [0.25, 0.3) is 0 Å². The first-order valence-corrected chi connectivity index (χ1v) is 48.6. The van der Waals surface area contributed by atoms with E-state index in [1.807, 2.05) is 91.0 Å². The van der Waals surface area contributed by atoms with Gasteiger partial charge < -0.3 is 27.0 Å². The third-order valence-corrected chi connectivity index (χ3v) is 28.8. The molecule has 144 heavy (non-hydrogen) atoms. The van der Waals surface area contributed by atoms with E-state index in [1.54, 1.807) is 0 Å². The van der Waals surface area contributed by atoms with Gasteiger partial charge in [0, 0.05) is 126 Å². The fourth-order valence-electron chi connectivity index (χ4n) is 22.4. The van der Waals surface area contributed by atoms with Crippen LogP contribution in [0.4, 0.5) is 0 Å². The summed E-state index contributed by atoms with van der Waals surface area (Å²) < 4.78 is 27.2. The molecule has 0 atom stereocenters. The van der Waals surface area contributed by atoms with Gasteiger partial charge >= 0.3 is 0 Å². The summed E-state index contributed by atoms with van der Waals surface area (Å²) in [5, 5.41) is 23.4. The maximum absolute atomic E-state index is 6.75. The minimum atomic E-state index is 0.695. The van der Waals surface area contributed by atoms with E-state index in [1.165, 1.54) is 75.8 Å². The lowest BCUT2D eigenvalue weighted by molar-refractivity contribution is 0.671. The summed E-state index contributed by atoms with van der Waals surface area (Å²) in [6, 6.07) is 167. The molecule has 9 heterocycles. The molecule has 12 heteroatoms. The molecule has 12 nitrogen and oxygen atoms in total. The molecule has 670 valence electrons. The zero-order valence-corrected chi connectivity index (χ0v) is 77.4. The van der Waals surface area contributed by atoms with Crippen molar-refractivity contribution >= 4 is 196 Å². The maximum atomic E-state index is 6.75. The number of aromatic nitrogens is 9. The number of furan rings is 3. The highest BCUT2D eigenvalue weighted by atomic mass is 16.3. The zero-order chi connectivity index (χ0) is 94.6. The van der Waals surface area contributed by atoms with Crippen LogP contribution in [0.3, 0.4) is 0 Å². The van der Waals surface area contributed by atoms with Gasteiger partial charge in [0.1, 0.15) is 16.7 Å². The van der Waals surface area contributed by atoms with Crippen molar-refractivity contribution in [3.05, 3.63) is 479 Å². The van der Waals surface area contributed by atoms with Crippen LogP contribution in [0.5, 0.6) is 0 Å². The minimum absolute atomic E-state index is 0.695. The first-order valence-electron chi connectivity index (χ1n) is 48.6. The summed E-state index contributed by atoms with van der Waals surface area (Å²) in [5.74, 6) is 1.40. The van der Waals surface area contributed by atoms with E-state index in [0.29, 0.717) is 11.6 Å². The van der Waals surface area contributed by atoms with Crippen molar-refractivity contribution in [2.75, 3.05) is 0 Å². The standard InChI is InChI=1S/C48H29N3O.2C42H25N3O/c1-2-12-30(13-3-1)31-22-24-32(25-23-31)45-37-16-6-9-19-40(37)49-48(50-45)33-26-28-34(29-27-33)51-41-20-10-7-17-38(41)43-35-14-4-5-15-36(35)44-39-18-8-11-21-42(39)52-47(44)46(43)51;1-2-12-26(13-3-1)39-40(44-34-19-9-8-18-33(34)43-39)27-22-24-28(25-23-27)45-35-20-10-6-16-31(35)37-29-14-4-5-15-30(29)38-32-17-7-11-21-36(32)46-42(38)41(37)45;1-2-12-26(13-3-1)39-31-16-6-9-19-34(31)43-42(44-39)27-22-24-28(25-23-27)45-35-20-10-7-17-32(35)37-29-14-4-5-15-30(29)38-33-18-8-11-21-36(33)46-41(38)40(37)45/h1-29H;2*1-25H. The first-order chi connectivity index (χ1) is 71.5.